The topological polar surface area (TPSA) is 88.6 Å². The Morgan fingerprint density at radius 2 is 1.88 bits per heavy atom. The van der Waals surface area contributed by atoms with Crippen LogP contribution in [0.1, 0.15) is 15.2 Å². The van der Waals surface area contributed by atoms with E-state index in [4.69, 9.17) is 4.74 Å². The van der Waals surface area contributed by atoms with Crippen molar-refractivity contribution in [3.05, 3.63) is 70.3 Å². The number of thiophene rings is 1. The number of thioether (sulfide) groups is 1. The van der Waals surface area contributed by atoms with Crippen LogP contribution < -0.4 is 10.1 Å². The number of hydrogen-bond donors (Lipinski definition) is 1. The van der Waals surface area contributed by atoms with Crippen LogP contribution in [0.15, 0.2) is 58.9 Å². The number of ether oxygens (including phenoxy) is 1. The van der Waals surface area contributed by atoms with Crippen LogP contribution in [0.4, 0.5) is 4.39 Å². The molecule has 1 N–H and O–H groups in total. The molecular weight excluding hydrogens is 473 g/mol. The Balaban J connectivity index is 1.38. The molecule has 0 unspecified atom stereocenters. The maximum absolute atomic E-state index is 13.0. The molecule has 0 saturated carbocycles. The van der Waals surface area contributed by atoms with Gasteiger partial charge in [-0.15, -0.1) is 11.3 Å². The highest BCUT2D eigenvalue weighted by atomic mass is 32.2. The minimum atomic E-state index is -3.70. The van der Waals surface area contributed by atoms with Gasteiger partial charge in [0.25, 0.3) is 5.91 Å². The third-order valence-corrected chi connectivity index (χ3v) is 8.64. The minimum absolute atomic E-state index is 0.0491. The van der Waals surface area contributed by atoms with Gasteiger partial charge in [-0.05, 0) is 41.3 Å². The van der Waals surface area contributed by atoms with Crippen LogP contribution in [-0.2, 0) is 16.6 Å². The van der Waals surface area contributed by atoms with Crippen molar-refractivity contribution in [3.8, 4) is 11.6 Å². The Kier molecular flexibility index (Phi) is 7.09. The van der Waals surface area contributed by atoms with E-state index in [1.807, 2.05) is 0 Å². The summed E-state index contributed by atoms with van der Waals surface area (Å²) in [6.07, 6.45) is 1.55. The maximum atomic E-state index is 13.0. The summed E-state index contributed by atoms with van der Waals surface area (Å²) in [6, 6.07) is 10.5. The maximum Gasteiger partial charge on any atom is 0.263 e. The number of aromatic nitrogens is 1. The third-order valence-electron chi connectivity index (χ3n) is 4.71. The lowest BCUT2D eigenvalue weighted by atomic mass is 10.3. The quantitative estimate of drug-likeness (QED) is 0.540. The monoisotopic (exact) mass is 493 g/mol. The minimum Gasteiger partial charge on any atom is -0.439 e. The molecule has 7 nitrogen and oxygen atoms in total. The van der Waals surface area contributed by atoms with E-state index < -0.39 is 15.9 Å². The molecule has 1 aliphatic heterocycles. The largest absolute Gasteiger partial charge is 0.439 e. The van der Waals surface area contributed by atoms with Crippen molar-refractivity contribution in [1.82, 2.24) is 14.6 Å². The second-order valence-electron chi connectivity index (χ2n) is 6.87. The number of pyridine rings is 1. The van der Waals surface area contributed by atoms with E-state index in [0.29, 0.717) is 24.7 Å². The normalized spacial score (nSPS) is 14.8. The number of benzene rings is 1. The Bertz CT molecular complexity index is 1180. The standard InChI is InChI=1S/C21H20FN3O4S3/c22-16-2-4-17(5-3-16)29-19-6-1-15(13-23-19)14-24-21(26)20-18(7-10-31-20)32(27,28)25-8-11-30-12-9-25/h1-7,10,13H,8-9,11-12,14H2,(H,24,26). The first kappa shape index (κ1) is 22.7. The zero-order chi connectivity index (χ0) is 22.6. The summed E-state index contributed by atoms with van der Waals surface area (Å²) in [5.41, 5.74) is 0.721. The van der Waals surface area contributed by atoms with Gasteiger partial charge in [-0.25, -0.2) is 17.8 Å². The van der Waals surface area contributed by atoms with Crippen molar-refractivity contribution < 1.29 is 22.3 Å². The SMILES string of the molecule is O=C(NCc1ccc(Oc2ccc(F)cc2)nc1)c1sccc1S(=O)(=O)N1CCSCC1. The van der Waals surface area contributed by atoms with Crippen molar-refractivity contribution in [3.63, 3.8) is 0 Å². The Morgan fingerprint density at radius 1 is 1.12 bits per heavy atom. The van der Waals surface area contributed by atoms with Gasteiger partial charge < -0.3 is 10.1 Å². The fraction of sp³-hybridized carbons (Fsp3) is 0.238. The number of rotatable bonds is 7. The molecule has 0 aliphatic carbocycles. The average Bonchev–Trinajstić information content (AvgIpc) is 3.32. The lowest BCUT2D eigenvalue weighted by Crippen LogP contribution is -2.38. The molecule has 0 atom stereocenters. The zero-order valence-corrected chi connectivity index (χ0v) is 19.3. The van der Waals surface area contributed by atoms with Gasteiger partial charge in [-0.2, -0.15) is 16.1 Å². The molecule has 1 aromatic carbocycles. The van der Waals surface area contributed by atoms with Crippen LogP contribution >= 0.6 is 23.1 Å². The van der Waals surface area contributed by atoms with Crippen LogP contribution in [0, 0.1) is 5.82 Å². The molecule has 32 heavy (non-hydrogen) atoms. The molecule has 3 aromatic rings. The molecule has 11 heteroatoms. The Hall–Kier alpha value is -2.47. The van der Waals surface area contributed by atoms with Crippen LogP contribution in [-0.4, -0.2) is 48.2 Å². The molecule has 4 rings (SSSR count). The zero-order valence-electron chi connectivity index (χ0n) is 16.9. The van der Waals surface area contributed by atoms with Crippen molar-refractivity contribution in [1.29, 1.82) is 0 Å². The van der Waals surface area contributed by atoms with Gasteiger partial charge in [-0.3, -0.25) is 4.79 Å². The predicted octanol–water partition coefficient (Wildman–Crippen LogP) is 3.74. The Morgan fingerprint density at radius 3 is 2.56 bits per heavy atom. The van der Waals surface area contributed by atoms with Gasteiger partial charge in [0, 0.05) is 43.4 Å². The molecule has 0 bridgehead atoms. The molecule has 168 valence electrons. The molecule has 3 heterocycles. The van der Waals surface area contributed by atoms with Crippen molar-refractivity contribution in [2.45, 2.75) is 11.4 Å². The smallest absolute Gasteiger partial charge is 0.263 e. The summed E-state index contributed by atoms with van der Waals surface area (Å²) < 4.78 is 45.9. The molecule has 1 saturated heterocycles. The van der Waals surface area contributed by atoms with Gasteiger partial charge in [0.15, 0.2) is 0 Å². The molecular formula is C21H20FN3O4S3. The third kappa shape index (κ3) is 5.29. The predicted molar refractivity (Wildman–Crippen MR) is 122 cm³/mol. The highest BCUT2D eigenvalue weighted by Gasteiger charge is 2.31. The van der Waals surface area contributed by atoms with E-state index in [9.17, 15) is 17.6 Å². The molecule has 1 amide bonds. The van der Waals surface area contributed by atoms with Crippen molar-refractivity contribution in [2.24, 2.45) is 0 Å². The van der Waals surface area contributed by atoms with E-state index in [2.05, 4.69) is 10.3 Å². The van der Waals surface area contributed by atoms with Crippen molar-refractivity contribution >= 4 is 39.0 Å². The first-order valence-electron chi connectivity index (χ1n) is 9.75. The summed E-state index contributed by atoms with van der Waals surface area (Å²) in [5.74, 6) is 1.48. The van der Waals surface area contributed by atoms with E-state index in [0.717, 1.165) is 28.4 Å². The number of carbonyl (C=O) groups is 1. The van der Waals surface area contributed by atoms with Crippen LogP contribution in [0.2, 0.25) is 0 Å². The summed E-state index contributed by atoms with van der Waals surface area (Å²) in [5, 5.41) is 4.37. The highest BCUT2D eigenvalue weighted by Crippen LogP contribution is 2.27. The van der Waals surface area contributed by atoms with E-state index in [-0.39, 0.29) is 22.1 Å². The van der Waals surface area contributed by atoms with E-state index in [1.54, 1.807) is 35.5 Å². The first-order valence-corrected chi connectivity index (χ1v) is 13.2. The lowest BCUT2D eigenvalue weighted by Gasteiger charge is -2.25. The number of hydrogen-bond acceptors (Lipinski definition) is 7. The van der Waals surface area contributed by atoms with Gasteiger partial charge >= 0.3 is 0 Å². The molecule has 0 radical (unpaired) electrons. The number of sulfonamides is 1. The van der Waals surface area contributed by atoms with Gasteiger partial charge in [-0.1, -0.05) is 6.07 Å². The second kappa shape index (κ2) is 9.99. The Labute approximate surface area is 193 Å². The van der Waals surface area contributed by atoms with E-state index >= 15 is 0 Å². The highest BCUT2D eigenvalue weighted by molar-refractivity contribution is 7.99. The van der Waals surface area contributed by atoms with Crippen LogP contribution in [0.3, 0.4) is 0 Å². The molecule has 0 spiro atoms. The molecule has 1 fully saturated rings. The number of halogens is 1. The van der Waals surface area contributed by atoms with Crippen LogP contribution in [0.25, 0.3) is 0 Å². The van der Waals surface area contributed by atoms with Crippen LogP contribution in [0.5, 0.6) is 11.6 Å². The summed E-state index contributed by atoms with van der Waals surface area (Å²) >= 11 is 2.82. The summed E-state index contributed by atoms with van der Waals surface area (Å²) in [4.78, 5) is 17.1. The van der Waals surface area contributed by atoms with Gasteiger partial charge in [0.05, 0.1) is 0 Å². The summed E-state index contributed by atoms with van der Waals surface area (Å²) in [6.45, 7) is 1.07. The summed E-state index contributed by atoms with van der Waals surface area (Å²) in [7, 11) is -3.70. The number of nitrogens with zero attached hydrogens (tertiary/aromatic N) is 2. The number of carbonyl (C=O) groups excluding carboxylic acids is 1. The molecule has 1 aliphatic rings. The van der Waals surface area contributed by atoms with Gasteiger partial charge in [0.1, 0.15) is 21.3 Å². The van der Waals surface area contributed by atoms with E-state index in [1.165, 1.54) is 34.6 Å². The second-order valence-corrected chi connectivity index (χ2v) is 10.9. The number of amides is 1. The van der Waals surface area contributed by atoms with Gasteiger partial charge in [0.2, 0.25) is 15.9 Å². The first-order chi connectivity index (χ1) is 15.4. The molecule has 2 aromatic heterocycles. The average molecular weight is 494 g/mol. The van der Waals surface area contributed by atoms with Crippen molar-refractivity contribution in [2.75, 3.05) is 24.6 Å². The number of nitrogens with one attached hydrogen (secondary N) is 1. The lowest BCUT2D eigenvalue weighted by molar-refractivity contribution is 0.0952. The fourth-order valence-electron chi connectivity index (χ4n) is 3.05. The fourth-order valence-corrected chi connectivity index (χ4v) is 6.95.